The summed E-state index contributed by atoms with van der Waals surface area (Å²) in [5.74, 6) is -2.94. The van der Waals surface area contributed by atoms with Crippen molar-refractivity contribution in [2.45, 2.75) is 40.3 Å². The Labute approximate surface area is 217 Å². The molecule has 0 radical (unpaired) electrons. The first-order chi connectivity index (χ1) is 18.0. The van der Waals surface area contributed by atoms with Gasteiger partial charge in [-0.2, -0.15) is 8.78 Å². The van der Waals surface area contributed by atoms with Crippen molar-refractivity contribution >= 4 is 23.6 Å². The number of nitrogens with zero attached hydrogens (tertiary/aromatic N) is 2. The maximum Gasteiger partial charge on any atom is 0.387 e. The summed E-state index contributed by atoms with van der Waals surface area (Å²) in [5.41, 5.74) is 2.63. The molecule has 0 saturated carbocycles. The van der Waals surface area contributed by atoms with Crippen molar-refractivity contribution in [1.82, 2.24) is 9.47 Å². The van der Waals surface area contributed by atoms with Gasteiger partial charge >= 0.3 is 12.6 Å². The van der Waals surface area contributed by atoms with Crippen LogP contribution in [0.15, 0.2) is 54.6 Å². The third-order valence-electron chi connectivity index (χ3n) is 6.37. The second kappa shape index (κ2) is 10.6. The number of carbonyl (C=O) groups excluding carboxylic acids is 4. The Bertz CT molecular complexity index is 1380. The summed E-state index contributed by atoms with van der Waals surface area (Å²) >= 11 is 0. The molecule has 0 bridgehead atoms. The fraction of sp³-hybridized carbons (Fsp3) is 0.286. The van der Waals surface area contributed by atoms with Crippen molar-refractivity contribution < 1.29 is 37.4 Å². The smallest absolute Gasteiger partial charge is 0.387 e. The van der Waals surface area contributed by atoms with Crippen LogP contribution in [0.5, 0.6) is 5.75 Å². The minimum absolute atomic E-state index is 0.00666. The molecular formula is C28H26F2N2O6. The van der Waals surface area contributed by atoms with Crippen LogP contribution in [0.3, 0.4) is 0 Å². The van der Waals surface area contributed by atoms with E-state index < -0.39 is 48.7 Å². The van der Waals surface area contributed by atoms with Crippen molar-refractivity contribution in [3.05, 3.63) is 82.7 Å². The number of fused-ring (bicyclic) bond motifs is 1. The molecule has 0 saturated heterocycles. The molecule has 0 N–H and O–H groups in total. The summed E-state index contributed by atoms with van der Waals surface area (Å²) in [6.07, 6.45) is 0. The molecule has 0 aliphatic carbocycles. The van der Waals surface area contributed by atoms with E-state index in [1.165, 1.54) is 24.3 Å². The van der Waals surface area contributed by atoms with E-state index in [1.54, 1.807) is 62.6 Å². The van der Waals surface area contributed by atoms with Gasteiger partial charge in [-0.25, -0.2) is 4.79 Å². The van der Waals surface area contributed by atoms with E-state index in [9.17, 15) is 28.0 Å². The number of hydrogen-bond acceptors (Lipinski definition) is 6. The maximum atomic E-state index is 13.0. The quantitative estimate of drug-likeness (QED) is 0.228. The van der Waals surface area contributed by atoms with Gasteiger partial charge in [0.2, 0.25) is 5.78 Å². The number of ketones is 1. The zero-order valence-electron chi connectivity index (χ0n) is 21.2. The van der Waals surface area contributed by atoms with Crippen molar-refractivity contribution in [3.63, 3.8) is 0 Å². The van der Waals surface area contributed by atoms with E-state index in [1.807, 2.05) is 0 Å². The van der Waals surface area contributed by atoms with Crippen molar-refractivity contribution in [3.8, 4) is 11.4 Å². The predicted molar refractivity (Wildman–Crippen MR) is 133 cm³/mol. The predicted octanol–water partition coefficient (Wildman–Crippen LogP) is 4.74. The molecule has 1 aromatic heterocycles. The summed E-state index contributed by atoms with van der Waals surface area (Å²) in [6, 6.07) is 12.7. The first kappa shape index (κ1) is 26.7. The monoisotopic (exact) mass is 524 g/mol. The number of hydrogen-bond donors (Lipinski definition) is 0. The van der Waals surface area contributed by atoms with Gasteiger partial charge in [0, 0.05) is 22.6 Å². The van der Waals surface area contributed by atoms with Gasteiger partial charge in [-0.15, -0.1) is 0 Å². The van der Waals surface area contributed by atoms with Crippen molar-refractivity contribution in [2.24, 2.45) is 5.92 Å². The molecule has 8 nitrogen and oxygen atoms in total. The number of benzene rings is 2. The van der Waals surface area contributed by atoms with Crippen LogP contribution >= 0.6 is 0 Å². The van der Waals surface area contributed by atoms with Gasteiger partial charge in [-0.1, -0.05) is 26.0 Å². The number of ether oxygens (including phenoxy) is 2. The highest BCUT2D eigenvalue weighted by molar-refractivity contribution is 6.22. The van der Waals surface area contributed by atoms with Gasteiger partial charge in [-0.05, 0) is 62.2 Å². The second-order valence-corrected chi connectivity index (χ2v) is 9.24. The molecule has 3 aromatic rings. The fourth-order valence-electron chi connectivity index (χ4n) is 4.66. The molecule has 0 spiro atoms. The largest absolute Gasteiger partial charge is 0.456 e. The zero-order chi connectivity index (χ0) is 27.7. The summed E-state index contributed by atoms with van der Waals surface area (Å²) < 4.78 is 36.3. The number of alkyl halides is 2. The van der Waals surface area contributed by atoms with Gasteiger partial charge in [0.05, 0.1) is 11.1 Å². The lowest BCUT2D eigenvalue weighted by Gasteiger charge is -2.27. The fourth-order valence-corrected chi connectivity index (χ4v) is 4.66. The van der Waals surface area contributed by atoms with Crippen LogP contribution in [0, 0.1) is 19.8 Å². The minimum atomic E-state index is -2.94. The van der Waals surface area contributed by atoms with Gasteiger partial charge in [0.1, 0.15) is 11.8 Å². The third-order valence-corrected chi connectivity index (χ3v) is 6.37. The zero-order valence-corrected chi connectivity index (χ0v) is 21.2. The van der Waals surface area contributed by atoms with Crippen LogP contribution in [0.25, 0.3) is 5.69 Å². The lowest BCUT2D eigenvalue weighted by atomic mass is 10.0. The Morgan fingerprint density at radius 3 is 2.03 bits per heavy atom. The second-order valence-electron chi connectivity index (χ2n) is 9.24. The average molecular weight is 525 g/mol. The minimum Gasteiger partial charge on any atom is -0.456 e. The molecule has 2 heterocycles. The average Bonchev–Trinajstić information content (AvgIpc) is 3.30. The Kier molecular flexibility index (Phi) is 7.43. The highest BCUT2D eigenvalue weighted by Gasteiger charge is 2.44. The molecule has 1 atom stereocenters. The maximum absolute atomic E-state index is 13.0. The van der Waals surface area contributed by atoms with Crippen LogP contribution in [0.1, 0.15) is 56.3 Å². The first-order valence-electron chi connectivity index (χ1n) is 11.9. The van der Waals surface area contributed by atoms with Gasteiger partial charge in [0.15, 0.2) is 6.61 Å². The molecule has 4 rings (SSSR count). The highest BCUT2D eigenvalue weighted by atomic mass is 19.3. The topological polar surface area (TPSA) is 94.9 Å². The molecule has 10 heteroatoms. The molecule has 0 unspecified atom stereocenters. The molecule has 1 aliphatic heterocycles. The van der Waals surface area contributed by atoms with E-state index in [0.29, 0.717) is 22.6 Å². The summed E-state index contributed by atoms with van der Waals surface area (Å²) in [6.45, 7) is 3.33. The molecule has 0 fully saturated rings. The molecule has 2 amide bonds. The summed E-state index contributed by atoms with van der Waals surface area (Å²) in [4.78, 5) is 52.8. The van der Waals surface area contributed by atoms with Crippen LogP contribution in [0.2, 0.25) is 0 Å². The van der Waals surface area contributed by atoms with Crippen molar-refractivity contribution in [2.75, 3.05) is 6.61 Å². The molecule has 2 aromatic carbocycles. The highest BCUT2D eigenvalue weighted by Crippen LogP contribution is 2.28. The van der Waals surface area contributed by atoms with Gasteiger partial charge in [0.25, 0.3) is 11.8 Å². The molecule has 198 valence electrons. The number of rotatable bonds is 9. The number of amides is 2. The standard InChI is InChI=1S/C28H26F2N2O6/c1-15(2)24(32-25(34)20-7-5-6-8-21(20)26(32)35)27(36)37-14-23(33)22-13-16(3)31(17(22)4)18-9-11-19(12-10-18)38-28(29)30/h5-13,15,24,28H,14H2,1-4H3/t24-/m1/s1. The molecule has 38 heavy (non-hydrogen) atoms. The van der Waals surface area contributed by atoms with Crippen LogP contribution in [-0.4, -0.2) is 52.3 Å². The number of esters is 1. The lowest BCUT2D eigenvalue weighted by molar-refractivity contribution is -0.148. The van der Waals surface area contributed by atoms with Gasteiger partial charge < -0.3 is 14.0 Å². The summed E-state index contributed by atoms with van der Waals surface area (Å²) in [5, 5.41) is 0. The number of imide groups is 1. The Balaban J connectivity index is 1.49. The lowest BCUT2D eigenvalue weighted by Crippen LogP contribution is -2.49. The van der Waals surface area contributed by atoms with E-state index in [0.717, 1.165) is 4.90 Å². The number of aromatic nitrogens is 1. The molecular weight excluding hydrogens is 498 g/mol. The number of aryl methyl sites for hydroxylation is 1. The SMILES string of the molecule is Cc1cc(C(=O)COC(=O)[C@@H](C(C)C)N2C(=O)c3ccccc3C2=O)c(C)n1-c1ccc(OC(F)F)cc1. The van der Waals surface area contributed by atoms with E-state index in [4.69, 9.17) is 4.74 Å². The van der Waals surface area contributed by atoms with E-state index >= 15 is 0 Å². The normalized spacial score (nSPS) is 13.7. The van der Waals surface area contributed by atoms with Gasteiger partial charge in [-0.3, -0.25) is 19.3 Å². The summed E-state index contributed by atoms with van der Waals surface area (Å²) in [7, 11) is 0. The number of halogens is 2. The Morgan fingerprint density at radius 2 is 1.50 bits per heavy atom. The van der Waals surface area contributed by atoms with Crippen LogP contribution < -0.4 is 4.74 Å². The number of Topliss-reactive ketones (excluding diaryl/α,β-unsaturated/α-hetero) is 1. The van der Waals surface area contributed by atoms with Crippen molar-refractivity contribution in [1.29, 1.82) is 0 Å². The Morgan fingerprint density at radius 1 is 0.921 bits per heavy atom. The first-order valence-corrected chi connectivity index (χ1v) is 11.9. The van der Waals surface area contributed by atoms with E-state index in [-0.39, 0.29) is 16.9 Å². The van der Waals surface area contributed by atoms with E-state index in [2.05, 4.69) is 4.74 Å². The van der Waals surface area contributed by atoms with Crippen LogP contribution in [-0.2, 0) is 9.53 Å². The van der Waals surface area contributed by atoms with Crippen LogP contribution in [0.4, 0.5) is 8.78 Å². The third kappa shape index (κ3) is 4.93. The Hall–Kier alpha value is -4.34. The molecule has 1 aliphatic rings. The number of carbonyl (C=O) groups is 4.